The van der Waals surface area contributed by atoms with Crippen LogP contribution >= 0.6 is 11.6 Å². The molecule has 3 aromatic rings. The first-order chi connectivity index (χ1) is 13.3. The minimum absolute atomic E-state index is 0.214. The van der Waals surface area contributed by atoms with Gasteiger partial charge in [0.15, 0.2) is 17.8 Å². The van der Waals surface area contributed by atoms with Crippen molar-refractivity contribution in [3.63, 3.8) is 0 Å². The van der Waals surface area contributed by atoms with Gasteiger partial charge in [0.25, 0.3) is 5.91 Å². The Labute approximate surface area is 165 Å². The average Bonchev–Trinajstić information content (AvgIpc) is 2.64. The van der Waals surface area contributed by atoms with E-state index in [4.69, 9.17) is 20.8 Å². The molecule has 0 aliphatic rings. The molecule has 1 aromatic heterocycles. The number of hydrazine groups is 1. The summed E-state index contributed by atoms with van der Waals surface area (Å²) in [5.41, 5.74) is 6.21. The highest BCUT2D eigenvalue weighted by Crippen LogP contribution is 2.18. The molecule has 2 aromatic carbocycles. The summed E-state index contributed by atoms with van der Waals surface area (Å²) in [6.45, 7) is 3.56. The van der Waals surface area contributed by atoms with Crippen LogP contribution in [0.25, 0.3) is 11.0 Å². The van der Waals surface area contributed by atoms with Crippen molar-refractivity contribution in [1.82, 2.24) is 10.9 Å². The summed E-state index contributed by atoms with van der Waals surface area (Å²) < 4.78 is 10.8. The Bertz CT molecular complexity index is 1100. The molecule has 28 heavy (non-hydrogen) atoms. The van der Waals surface area contributed by atoms with Crippen LogP contribution in [0, 0.1) is 13.8 Å². The van der Waals surface area contributed by atoms with E-state index in [1.54, 1.807) is 18.2 Å². The van der Waals surface area contributed by atoms with Crippen LogP contribution in [0.4, 0.5) is 0 Å². The molecule has 2 N–H and O–H groups in total. The highest BCUT2D eigenvalue weighted by atomic mass is 35.5. The number of hydrogen-bond donors (Lipinski definition) is 2. The van der Waals surface area contributed by atoms with E-state index in [9.17, 15) is 14.4 Å². The number of hydrogen-bond acceptors (Lipinski definition) is 5. The van der Waals surface area contributed by atoms with E-state index in [0.29, 0.717) is 10.8 Å². The van der Waals surface area contributed by atoms with Crippen LogP contribution in [0.5, 0.6) is 5.75 Å². The molecule has 3 rings (SSSR count). The molecule has 144 valence electrons. The number of halogens is 1. The van der Waals surface area contributed by atoms with Crippen LogP contribution < -0.4 is 21.0 Å². The Morgan fingerprint density at radius 1 is 1.04 bits per heavy atom. The number of ether oxygens (including phenoxy) is 1. The molecule has 0 fully saturated rings. The topological polar surface area (TPSA) is 97.6 Å². The van der Waals surface area contributed by atoms with Crippen molar-refractivity contribution < 1.29 is 18.7 Å². The van der Waals surface area contributed by atoms with Gasteiger partial charge in [0, 0.05) is 11.1 Å². The van der Waals surface area contributed by atoms with Crippen LogP contribution in [-0.4, -0.2) is 18.4 Å². The van der Waals surface area contributed by atoms with Gasteiger partial charge in [-0.1, -0.05) is 17.7 Å². The quantitative estimate of drug-likeness (QED) is 0.656. The molecule has 0 radical (unpaired) electrons. The fourth-order valence-corrected chi connectivity index (χ4v) is 2.80. The second-order valence-electron chi connectivity index (χ2n) is 6.23. The first-order valence-corrected chi connectivity index (χ1v) is 8.73. The van der Waals surface area contributed by atoms with Gasteiger partial charge in [-0.3, -0.25) is 25.2 Å². The Morgan fingerprint density at radius 2 is 1.75 bits per heavy atom. The van der Waals surface area contributed by atoms with Gasteiger partial charge < -0.3 is 9.15 Å². The lowest BCUT2D eigenvalue weighted by molar-refractivity contribution is -0.123. The Morgan fingerprint density at radius 3 is 2.46 bits per heavy atom. The van der Waals surface area contributed by atoms with E-state index in [1.807, 2.05) is 19.9 Å². The molecular formula is C20H17ClN2O5. The third-order valence-electron chi connectivity index (χ3n) is 3.79. The Balaban J connectivity index is 1.60. The van der Waals surface area contributed by atoms with Crippen molar-refractivity contribution in [2.45, 2.75) is 13.8 Å². The van der Waals surface area contributed by atoms with Crippen molar-refractivity contribution in [3.05, 3.63) is 74.6 Å². The predicted molar refractivity (Wildman–Crippen MR) is 105 cm³/mol. The second-order valence-corrected chi connectivity index (χ2v) is 6.67. The second kappa shape index (κ2) is 8.14. The fraction of sp³-hybridized carbons (Fsp3) is 0.150. The van der Waals surface area contributed by atoms with Crippen LogP contribution in [0.3, 0.4) is 0 Å². The molecule has 0 aliphatic heterocycles. The van der Waals surface area contributed by atoms with Gasteiger partial charge in [0.2, 0.25) is 0 Å². The smallest absolute Gasteiger partial charge is 0.305 e. The first-order valence-electron chi connectivity index (χ1n) is 8.35. The molecule has 0 atom stereocenters. The van der Waals surface area contributed by atoms with Crippen LogP contribution in [-0.2, 0) is 4.79 Å². The summed E-state index contributed by atoms with van der Waals surface area (Å²) >= 11 is 5.85. The van der Waals surface area contributed by atoms with E-state index in [2.05, 4.69) is 10.9 Å². The largest absolute Gasteiger partial charge is 0.484 e. The highest BCUT2D eigenvalue weighted by Gasteiger charge is 2.14. The molecular weight excluding hydrogens is 384 g/mol. The minimum atomic E-state index is -0.770. The van der Waals surface area contributed by atoms with Crippen LogP contribution in [0.15, 0.2) is 51.7 Å². The molecule has 0 spiro atoms. The lowest BCUT2D eigenvalue weighted by Crippen LogP contribution is -2.44. The Kier molecular flexibility index (Phi) is 5.65. The van der Waals surface area contributed by atoms with E-state index in [1.165, 1.54) is 12.1 Å². The van der Waals surface area contributed by atoms with Crippen molar-refractivity contribution in [3.8, 4) is 5.75 Å². The molecule has 0 bridgehead atoms. The number of carbonyl (C=O) groups excluding carboxylic acids is 2. The molecule has 8 heteroatoms. The maximum Gasteiger partial charge on any atom is 0.305 e. The SMILES string of the molecule is Cc1cc(C)cc(OCC(=O)NNC(=O)c2cc(=O)c3cc(Cl)ccc3o2)c1. The molecule has 0 unspecified atom stereocenters. The van der Waals surface area contributed by atoms with E-state index in [-0.39, 0.29) is 23.3 Å². The normalized spacial score (nSPS) is 10.5. The zero-order valence-electron chi connectivity index (χ0n) is 15.2. The van der Waals surface area contributed by atoms with Crippen LogP contribution in [0.1, 0.15) is 21.7 Å². The van der Waals surface area contributed by atoms with Gasteiger partial charge in [-0.25, -0.2) is 0 Å². The number of aryl methyl sites for hydroxylation is 2. The average molecular weight is 401 g/mol. The van der Waals surface area contributed by atoms with Gasteiger partial charge in [-0.2, -0.15) is 0 Å². The van der Waals surface area contributed by atoms with E-state index in [0.717, 1.165) is 17.2 Å². The summed E-state index contributed by atoms with van der Waals surface area (Å²) in [5, 5.41) is 0.642. The maximum atomic E-state index is 12.2. The summed E-state index contributed by atoms with van der Waals surface area (Å²) in [7, 11) is 0. The highest BCUT2D eigenvalue weighted by molar-refractivity contribution is 6.31. The Hall–Kier alpha value is -3.32. The lowest BCUT2D eigenvalue weighted by Gasteiger charge is -2.10. The number of amides is 2. The minimum Gasteiger partial charge on any atom is -0.484 e. The molecule has 2 amide bonds. The lowest BCUT2D eigenvalue weighted by atomic mass is 10.1. The number of fused-ring (bicyclic) bond motifs is 1. The summed E-state index contributed by atoms with van der Waals surface area (Å²) in [5.74, 6) is -1.02. The molecule has 1 heterocycles. The van der Waals surface area contributed by atoms with E-state index < -0.39 is 17.2 Å². The predicted octanol–water partition coefficient (Wildman–Crippen LogP) is 2.90. The number of carbonyl (C=O) groups is 2. The van der Waals surface area contributed by atoms with Gasteiger partial charge in [0.05, 0.1) is 5.39 Å². The van der Waals surface area contributed by atoms with Crippen molar-refractivity contribution >= 4 is 34.4 Å². The van der Waals surface area contributed by atoms with Crippen molar-refractivity contribution in [1.29, 1.82) is 0 Å². The third kappa shape index (κ3) is 4.69. The number of nitrogens with one attached hydrogen (secondary N) is 2. The van der Waals surface area contributed by atoms with Gasteiger partial charge in [-0.15, -0.1) is 0 Å². The molecule has 0 saturated carbocycles. The number of benzene rings is 2. The maximum absolute atomic E-state index is 12.2. The first kappa shape index (κ1) is 19.4. The number of rotatable bonds is 4. The molecule has 0 saturated heterocycles. The van der Waals surface area contributed by atoms with Gasteiger partial charge in [0.1, 0.15) is 11.3 Å². The van der Waals surface area contributed by atoms with Crippen LogP contribution in [0.2, 0.25) is 5.02 Å². The van der Waals surface area contributed by atoms with Crippen molar-refractivity contribution in [2.75, 3.05) is 6.61 Å². The zero-order valence-corrected chi connectivity index (χ0v) is 15.9. The van der Waals surface area contributed by atoms with Gasteiger partial charge in [-0.05, 0) is 55.3 Å². The standard InChI is InChI=1S/C20H17ClN2O5/c1-11-5-12(2)7-14(6-11)27-10-19(25)22-23-20(26)18-9-16(24)15-8-13(21)3-4-17(15)28-18/h3-9H,10H2,1-2H3,(H,22,25)(H,23,26). The molecule has 0 aliphatic carbocycles. The molecule has 7 nitrogen and oxygen atoms in total. The summed E-state index contributed by atoms with van der Waals surface area (Å²) in [4.78, 5) is 36.1. The van der Waals surface area contributed by atoms with Gasteiger partial charge >= 0.3 is 5.91 Å². The fourth-order valence-electron chi connectivity index (χ4n) is 2.63. The zero-order chi connectivity index (χ0) is 20.3. The van der Waals surface area contributed by atoms with Crippen molar-refractivity contribution in [2.24, 2.45) is 0 Å². The monoisotopic (exact) mass is 400 g/mol. The van der Waals surface area contributed by atoms with E-state index >= 15 is 0 Å². The summed E-state index contributed by atoms with van der Waals surface area (Å²) in [6, 6.07) is 11.1. The summed E-state index contributed by atoms with van der Waals surface area (Å²) in [6.07, 6.45) is 0. The third-order valence-corrected chi connectivity index (χ3v) is 4.03.